The highest BCUT2D eigenvalue weighted by molar-refractivity contribution is 5.81. The Bertz CT molecular complexity index is 315. The molecule has 0 saturated heterocycles. The van der Waals surface area contributed by atoms with Crippen molar-refractivity contribution in [2.75, 3.05) is 13.1 Å². The molecule has 0 aromatic heterocycles. The van der Waals surface area contributed by atoms with Gasteiger partial charge in [-0.05, 0) is 45.6 Å². The molecule has 0 saturated carbocycles. The molecule has 1 unspecified atom stereocenters. The summed E-state index contributed by atoms with van der Waals surface area (Å²) >= 11 is 0. The molecule has 3 heteroatoms. The van der Waals surface area contributed by atoms with E-state index >= 15 is 0 Å². The van der Waals surface area contributed by atoms with E-state index in [2.05, 4.69) is 22.6 Å². The maximum absolute atomic E-state index is 11.5. The van der Waals surface area contributed by atoms with Crippen LogP contribution in [-0.4, -0.2) is 25.0 Å². The highest BCUT2D eigenvalue weighted by Gasteiger charge is 2.11. The number of hydrogen-bond acceptors (Lipinski definition) is 2. The Morgan fingerprint density at radius 3 is 3.06 bits per heavy atom. The van der Waals surface area contributed by atoms with E-state index in [0.717, 1.165) is 13.0 Å². The zero-order valence-electron chi connectivity index (χ0n) is 10.6. The topological polar surface area (TPSA) is 41.1 Å². The quantitative estimate of drug-likeness (QED) is 0.541. The second-order valence-corrected chi connectivity index (χ2v) is 4.46. The second-order valence-electron chi connectivity index (χ2n) is 4.46. The van der Waals surface area contributed by atoms with Gasteiger partial charge in [-0.1, -0.05) is 17.6 Å². The van der Waals surface area contributed by atoms with Crippen molar-refractivity contribution in [2.45, 2.75) is 45.1 Å². The lowest BCUT2D eigenvalue weighted by atomic mass is 9.97. The van der Waals surface area contributed by atoms with Crippen LogP contribution < -0.4 is 10.6 Å². The minimum atomic E-state index is -0.174. The smallest absolute Gasteiger partial charge is 0.237 e. The van der Waals surface area contributed by atoms with Crippen molar-refractivity contribution in [3.05, 3.63) is 11.6 Å². The molecule has 17 heavy (non-hydrogen) atoms. The molecule has 2 N–H and O–H groups in total. The molecule has 1 amide bonds. The number of nitrogens with one attached hydrogen (secondary N) is 2. The minimum Gasteiger partial charge on any atom is -0.344 e. The van der Waals surface area contributed by atoms with E-state index in [1.807, 2.05) is 6.92 Å². The minimum absolute atomic E-state index is 0.0272. The average Bonchev–Trinajstić information content (AvgIpc) is 2.37. The summed E-state index contributed by atoms with van der Waals surface area (Å²) in [5, 5.41) is 5.89. The highest BCUT2D eigenvalue weighted by atomic mass is 16.2. The Balaban J connectivity index is 2.15. The highest BCUT2D eigenvalue weighted by Crippen LogP contribution is 2.19. The van der Waals surface area contributed by atoms with Gasteiger partial charge >= 0.3 is 0 Å². The van der Waals surface area contributed by atoms with Gasteiger partial charge in [-0.15, -0.1) is 6.42 Å². The van der Waals surface area contributed by atoms with Crippen LogP contribution in [0.5, 0.6) is 0 Å². The van der Waals surface area contributed by atoms with Crippen LogP contribution in [0.4, 0.5) is 0 Å². The molecular weight excluding hydrogens is 212 g/mol. The first-order chi connectivity index (χ1) is 8.24. The number of allylic oxidation sites excluding steroid dienone is 1. The molecule has 3 nitrogen and oxygen atoms in total. The van der Waals surface area contributed by atoms with E-state index in [1.54, 1.807) is 0 Å². The predicted molar refractivity (Wildman–Crippen MR) is 70.5 cm³/mol. The van der Waals surface area contributed by atoms with E-state index in [9.17, 15) is 4.79 Å². The van der Waals surface area contributed by atoms with E-state index in [1.165, 1.54) is 31.3 Å². The summed E-state index contributed by atoms with van der Waals surface area (Å²) in [5.41, 5.74) is 1.53. The van der Waals surface area contributed by atoms with Crippen molar-refractivity contribution in [3.63, 3.8) is 0 Å². The van der Waals surface area contributed by atoms with Crippen LogP contribution in [0.15, 0.2) is 11.6 Å². The lowest BCUT2D eigenvalue weighted by molar-refractivity contribution is -0.122. The Kier molecular flexibility index (Phi) is 6.42. The molecular formula is C14H22N2O. The molecule has 1 aliphatic rings. The summed E-state index contributed by atoms with van der Waals surface area (Å²) in [6, 6.07) is -0.174. The summed E-state index contributed by atoms with van der Waals surface area (Å²) < 4.78 is 0. The van der Waals surface area contributed by atoms with Crippen LogP contribution in [0.3, 0.4) is 0 Å². The first-order valence-electron chi connectivity index (χ1n) is 6.36. The van der Waals surface area contributed by atoms with Gasteiger partial charge in [0.2, 0.25) is 5.91 Å². The van der Waals surface area contributed by atoms with Crippen LogP contribution in [0, 0.1) is 12.3 Å². The molecule has 0 aliphatic heterocycles. The van der Waals surface area contributed by atoms with E-state index in [0.29, 0.717) is 6.54 Å². The number of rotatable bonds is 6. The molecule has 1 aliphatic carbocycles. The molecule has 0 aromatic carbocycles. The molecule has 0 heterocycles. The molecule has 0 fully saturated rings. The third-order valence-electron chi connectivity index (χ3n) is 3.04. The lowest BCUT2D eigenvalue weighted by Gasteiger charge is -2.16. The molecule has 1 atom stereocenters. The van der Waals surface area contributed by atoms with Crippen molar-refractivity contribution in [1.82, 2.24) is 10.6 Å². The summed E-state index contributed by atoms with van der Waals surface area (Å²) in [5.74, 6) is 2.37. The SMILES string of the molecule is C#CCNC(=O)C(C)NCCC1=CCCCC1. The molecule has 94 valence electrons. The lowest BCUT2D eigenvalue weighted by Crippen LogP contribution is -2.42. The van der Waals surface area contributed by atoms with E-state index in [-0.39, 0.29) is 11.9 Å². The summed E-state index contributed by atoms with van der Waals surface area (Å²) in [7, 11) is 0. The van der Waals surface area contributed by atoms with Crippen molar-refractivity contribution >= 4 is 5.91 Å². The average molecular weight is 234 g/mol. The zero-order valence-corrected chi connectivity index (χ0v) is 10.6. The zero-order chi connectivity index (χ0) is 12.5. The Morgan fingerprint density at radius 1 is 1.59 bits per heavy atom. The number of amides is 1. The van der Waals surface area contributed by atoms with Gasteiger partial charge in [0.05, 0.1) is 12.6 Å². The van der Waals surface area contributed by atoms with Crippen LogP contribution in [0.25, 0.3) is 0 Å². The van der Waals surface area contributed by atoms with Gasteiger partial charge in [0.25, 0.3) is 0 Å². The monoisotopic (exact) mass is 234 g/mol. The van der Waals surface area contributed by atoms with Crippen LogP contribution in [-0.2, 0) is 4.79 Å². The van der Waals surface area contributed by atoms with Crippen molar-refractivity contribution in [1.29, 1.82) is 0 Å². The first-order valence-corrected chi connectivity index (χ1v) is 6.36. The molecule has 0 radical (unpaired) electrons. The molecule has 0 bridgehead atoms. The number of hydrogen-bond donors (Lipinski definition) is 2. The van der Waals surface area contributed by atoms with Gasteiger partial charge in [0, 0.05) is 0 Å². The predicted octanol–water partition coefficient (Wildman–Crippen LogP) is 1.60. The fourth-order valence-electron chi connectivity index (χ4n) is 1.96. The maximum Gasteiger partial charge on any atom is 0.237 e. The molecule has 1 rings (SSSR count). The van der Waals surface area contributed by atoms with Gasteiger partial charge in [-0.25, -0.2) is 0 Å². The largest absolute Gasteiger partial charge is 0.344 e. The fraction of sp³-hybridized carbons (Fsp3) is 0.643. The van der Waals surface area contributed by atoms with Gasteiger partial charge in [0.15, 0.2) is 0 Å². The third kappa shape index (κ3) is 5.55. The van der Waals surface area contributed by atoms with Crippen LogP contribution in [0.2, 0.25) is 0 Å². The third-order valence-corrected chi connectivity index (χ3v) is 3.04. The second kappa shape index (κ2) is 7.92. The standard InChI is InChI=1S/C14H22N2O/c1-3-10-16-14(17)12(2)15-11-9-13-7-5-4-6-8-13/h1,7,12,15H,4-6,8-11H2,2H3,(H,16,17). The Hall–Kier alpha value is -1.27. The summed E-state index contributed by atoms with van der Waals surface area (Å²) in [6.07, 6.45) is 13.5. The van der Waals surface area contributed by atoms with E-state index < -0.39 is 0 Å². The van der Waals surface area contributed by atoms with Gasteiger partial charge in [-0.3, -0.25) is 4.79 Å². The van der Waals surface area contributed by atoms with Crippen molar-refractivity contribution < 1.29 is 4.79 Å². The number of carbonyl (C=O) groups is 1. The summed E-state index contributed by atoms with van der Waals surface area (Å²) in [4.78, 5) is 11.5. The number of carbonyl (C=O) groups excluding carboxylic acids is 1. The Morgan fingerprint density at radius 2 is 2.41 bits per heavy atom. The van der Waals surface area contributed by atoms with Crippen molar-refractivity contribution in [3.8, 4) is 12.3 Å². The van der Waals surface area contributed by atoms with E-state index in [4.69, 9.17) is 6.42 Å². The first kappa shape index (κ1) is 13.8. The Labute approximate surface area is 104 Å². The van der Waals surface area contributed by atoms with Crippen molar-refractivity contribution in [2.24, 2.45) is 0 Å². The van der Waals surface area contributed by atoms with Crippen LogP contribution >= 0.6 is 0 Å². The van der Waals surface area contributed by atoms with Gasteiger partial charge < -0.3 is 10.6 Å². The fourth-order valence-corrected chi connectivity index (χ4v) is 1.96. The molecule has 0 aromatic rings. The normalized spacial score (nSPS) is 16.8. The molecule has 0 spiro atoms. The van der Waals surface area contributed by atoms with Gasteiger partial charge in [-0.2, -0.15) is 0 Å². The van der Waals surface area contributed by atoms with Crippen LogP contribution in [0.1, 0.15) is 39.0 Å². The maximum atomic E-state index is 11.5. The summed E-state index contributed by atoms with van der Waals surface area (Å²) in [6.45, 7) is 3.02. The van der Waals surface area contributed by atoms with Gasteiger partial charge in [0.1, 0.15) is 0 Å². The number of terminal acetylenes is 1.